The van der Waals surface area contributed by atoms with Crippen molar-refractivity contribution in [1.82, 2.24) is 4.90 Å². The molecule has 1 aliphatic heterocycles. The third kappa shape index (κ3) is 3.44. The van der Waals surface area contributed by atoms with Gasteiger partial charge in [0.15, 0.2) is 0 Å². The van der Waals surface area contributed by atoms with Crippen LogP contribution in [0.3, 0.4) is 0 Å². The molecule has 0 aliphatic carbocycles. The zero-order chi connectivity index (χ0) is 17.9. The molecule has 0 atom stereocenters. The molecule has 2 aromatic carbocycles. The molecule has 0 bridgehead atoms. The van der Waals surface area contributed by atoms with Crippen molar-refractivity contribution in [2.75, 3.05) is 38.2 Å². The summed E-state index contributed by atoms with van der Waals surface area (Å²) < 4.78 is 10.7. The number of para-hydroxylation sites is 1. The molecule has 1 aromatic heterocycles. The molecule has 0 N–H and O–H groups in total. The first-order valence-electron chi connectivity index (χ1n) is 8.86. The van der Waals surface area contributed by atoms with E-state index in [0.717, 1.165) is 42.9 Å². The first-order valence-corrected chi connectivity index (χ1v) is 8.86. The van der Waals surface area contributed by atoms with Crippen LogP contribution in [0.4, 0.5) is 5.69 Å². The standard InChI is InChI=1S/C21H22N2O3/c1-25-19-8-6-18(7-9-19)23-12-10-22(11-13-23)15-17-14-16-4-2-3-5-20(16)26-21(17)24/h2-9,14H,10-13,15H2,1H3. The Hall–Kier alpha value is -2.79. The summed E-state index contributed by atoms with van der Waals surface area (Å²) in [6, 6.07) is 17.8. The summed E-state index contributed by atoms with van der Waals surface area (Å²) in [5.41, 5.74) is 2.34. The van der Waals surface area contributed by atoms with Gasteiger partial charge in [-0.3, -0.25) is 4.90 Å². The predicted molar refractivity (Wildman–Crippen MR) is 103 cm³/mol. The Morgan fingerprint density at radius 2 is 1.73 bits per heavy atom. The third-order valence-electron chi connectivity index (χ3n) is 4.92. The van der Waals surface area contributed by atoms with Crippen LogP contribution in [0.2, 0.25) is 0 Å². The maximum Gasteiger partial charge on any atom is 0.340 e. The summed E-state index contributed by atoms with van der Waals surface area (Å²) in [6.07, 6.45) is 0. The molecule has 26 heavy (non-hydrogen) atoms. The van der Waals surface area contributed by atoms with Gasteiger partial charge in [0, 0.05) is 43.8 Å². The first-order chi connectivity index (χ1) is 12.7. The monoisotopic (exact) mass is 350 g/mol. The third-order valence-corrected chi connectivity index (χ3v) is 4.92. The van der Waals surface area contributed by atoms with Crippen LogP contribution >= 0.6 is 0 Å². The van der Waals surface area contributed by atoms with Crippen molar-refractivity contribution in [2.45, 2.75) is 6.54 Å². The van der Waals surface area contributed by atoms with Crippen LogP contribution in [0.5, 0.6) is 5.75 Å². The van der Waals surface area contributed by atoms with E-state index in [9.17, 15) is 4.79 Å². The number of hydrogen-bond acceptors (Lipinski definition) is 5. The Bertz CT molecular complexity index is 941. The second kappa shape index (κ2) is 7.22. The number of nitrogens with zero attached hydrogens (tertiary/aromatic N) is 2. The summed E-state index contributed by atoms with van der Waals surface area (Å²) in [5, 5.41) is 0.971. The predicted octanol–water partition coefficient (Wildman–Crippen LogP) is 3.12. The van der Waals surface area contributed by atoms with E-state index >= 15 is 0 Å². The Balaban J connectivity index is 1.42. The smallest absolute Gasteiger partial charge is 0.340 e. The van der Waals surface area contributed by atoms with Gasteiger partial charge in [0.2, 0.25) is 0 Å². The Morgan fingerprint density at radius 3 is 2.46 bits per heavy atom. The van der Waals surface area contributed by atoms with E-state index in [1.807, 2.05) is 42.5 Å². The van der Waals surface area contributed by atoms with Crippen LogP contribution < -0.4 is 15.3 Å². The summed E-state index contributed by atoms with van der Waals surface area (Å²) in [6.45, 7) is 4.33. The van der Waals surface area contributed by atoms with E-state index in [0.29, 0.717) is 12.1 Å². The summed E-state index contributed by atoms with van der Waals surface area (Å²) in [5.74, 6) is 0.871. The van der Waals surface area contributed by atoms with E-state index in [-0.39, 0.29) is 5.63 Å². The second-order valence-electron chi connectivity index (χ2n) is 6.56. The van der Waals surface area contributed by atoms with Crippen molar-refractivity contribution < 1.29 is 9.15 Å². The first kappa shape index (κ1) is 16.7. The van der Waals surface area contributed by atoms with Crippen molar-refractivity contribution >= 4 is 16.7 Å². The van der Waals surface area contributed by atoms with E-state index in [1.54, 1.807) is 7.11 Å². The lowest BCUT2D eigenvalue weighted by Gasteiger charge is -2.36. The van der Waals surface area contributed by atoms with Crippen molar-refractivity contribution in [2.24, 2.45) is 0 Å². The maximum absolute atomic E-state index is 12.2. The molecule has 2 heterocycles. The van der Waals surface area contributed by atoms with Crippen molar-refractivity contribution in [3.05, 3.63) is 70.6 Å². The van der Waals surface area contributed by atoms with Gasteiger partial charge in [-0.15, -0.1) is 0 Å². The number of ether oxygens (including phenoxy) is 1. The number of piperazine rings is 1. The average molecular weight is 350 g/mol. The van der Waals surface area contributed by atoms with Gasteiger partial charge in [0.05, 0.1) is 12.7 Å². The fraction of sp³-hybridized carbons (Fsp3) is 0.286. The van der Waals surface area contributed by atoms with Gasteiger partial charge in [-0.1, -0.05) is 18.2 Å². The molecule has 5 nitrogen and oxygen atoms in total. The number of anilines is 1. The molecule has 0 spiro atoms. The Morgan fingerprint density at radius 1 is 1.00 bits per heavy atom. The SMILES string of the molecule is COc1ccc(N2CCN(Cc3cc4ccccc4oc3=O)CC2)cc1. The highest BCUT2D eigenvalue weighted by atomic mass is 16.5. The van der Waals surface area contributed by atoms with Crippen LogP contribution in [0.15, 0.2) is 63.8 Å². The van der Waals surface area contributed by atoms with E-state index < -0.39 is 0 Å². The molecule has 1 saturated heterocycles. The lowest BCUT2D eigenvalue weighted by molar-refractivity contribution is 0.247. The highest BCUT2D eigenvalue weighted by Gasteiger charge is 2.19. The summed E-state index contributed by atoms with van der Waals surface area (Å²) >= 11 is 0. The topological polar surface area (TPSA) is 45.9 Å². The van der Waals surface area contributed by atoms with Gasteiger partial charge >= 0.3 is 5.63 Å². The lowest BCUT2D eigenvalue weighted by atomic mass is 10.1. The largest absolute Gasteiger partial charge is 0.497 e. The molecule has 1 aliphatic rings. The molecule has 3 aromatic rings. The summed E-state index contributed by atoms with van der Waals surface area (Å²) in [7, 11) is 1.68. The van der Waals surface area contributed by atoms with Crippen LogP contribution in [0, 0.1) is 0 Å². The Kier molecular flexibility index (Phi) is 4.63. The van der Waals surface area contributed by atoms with Crippen molar-refractivity contribution in [3.8, 4) is 5.75 Å². The number of rotatable bonds is 4. The van der Waals surface area contributed by atoms with E-state index in [4.69, 9.17) is 9.15 Å². The van der Waals surface area contributed by atoms with Crippen molar-refractivity contribution in [3.63, 3.8) is 0 Å². The zero-order valence-electron chi connectivity index (χ0n) is 14.9. The molecule has 5 heteroatoms. The zero-order valence-corrected chi connectivity index (χ0v) is 14.9. The highest BCUT2D eigenvalue weighted by molar-refractivity contribution is 5.76. The molecule has 1 fully saturated rings. The van der Waals surface area contributed by atoms with Gasteiger partial charge in [0.25, 0.3) is 0 Å². The van der Waals surface area contributed by atoms with Crippen LogP contribution in [-0.2, 0) is 6.54 Å². The van der Waals surface area contributed by atoms with Gasteiger partial charge in [-0.25, -0.2) is 4.79 Å². The highest BCUT2D eigenvalue weighted by Crippen LogP contribution is 2.21. The van der Waals surface area contributed by atoms with Crippen LogP contribution in [0.1, 0.15) is 5.56 Å². The maximum atomic E-state index is 12.2. The summed E-state index contributed by atoms with van der Waals surface area (Å²) in [4.78, 5) is 16.9. The fourth-order valence-electron chi connectivity index (χ4n) is 3.41. The molecule has 0 amide bonds. The van der Waals surface area contributed by atoms with E-state index in [2.05, 4.69) is 21.9 Å². The van der Waals surface area contributed by atoms with Gasteiger partial charge in [0.1, 0.15) is 11.3 Å². The molecule has 4 rings (SSSR count). The number of benzene rings is 2. The molecule has 0 saturated carbocycles. The minimum Gasteiger partial charge on any atom is -0.497 e. The second-order valence-corrected chi connectivity index (χ2v) is 6.56. The normalized spacial score (nSPS) is 15.3. The minimum atomic E-state index is -0.235. The van der Waals surface area contributed by atoms with Crippen LogP contribution in [-0.4, -0.2) is 38.2 Å². The molecule has 134 valence electrons. The number of hydrogen-bond donors (Lipinski definition) is 0. The van der Waals surface area contributed by atoms with Crippen molar-refractivity contribution in [1.29, 1.82) is 0 Å². The number of methoxy groups -OCH3 is 1. The Labute approximate surface area is 152 Å². The van der Waals surface area contributed by atoms with E-state index in [1.165, 1.54) is 5.69 Å². The fourth-order valence-corrected chi connectivity index (χ4v) is 3.41. The minimum absolute atomic E-state index is 0.235. The van der Waals surface area contributed by atoms with Crippen LogP contribution in [0.25, 0.3) is 11.0 Å². The average Bonchev–Trinajstić information content (AvgIpc) is 2.69. The quantitative estimate of drug-likeness (QED) is 0.677. The molecule has 0 unspecified atom stereocenters. The molecule has 0 radical (unpaired) electrons. The molecular weight excluding hydrogens is 328 g/mol. The number of fused-ring (bicyclic) bond motifs is 1. The molecular formula is C21H22N2O3. The van der Waals surface area contributed by atoms with Gasteiger partial charge in [-0.05, 0) is 36.4 Å². The lowest BCUT2D eigenvalue weighted by Crippen LogP contribution is -2.46. The van der Waals surface area contributed by atoms with Gasteiger partial charge < -0.3 is 14.1 Å². The van der Waals surface area contributed by atoms with Gasteiger partial charge in [-0.2, -0.15) is 0 Å².